The zero-order valence-corrected chi connectivity index (χ0v) is 21.0. The summed E-state index contributed by atoms with van der Waals surface area (Å²) in [6.45, 7) is 11.7. The first-order valence-electron chi connectivity index (χ1n) is 11.1. The molecule has 32 heavy (non-hydrogen) atoms. The highest BCUT2D eigenvalue weighted by molar-refractivity contribution is 7.98. The Labute approximate surface area is 197 Å². The molecule has 1 N–H and O–H groups in total. The topological polar surface area (TPSA) is 88.3 Å². The van der Waals surface area contributed by atoms with Crippen LogP contribution in [-0.4, -0.2) is 54.7 Å². The average molecular weight is 474 g/mol. The van der Waals surface area contributed by atoms with Crippen LogP contribution in [0.4, 0.5) is 5.13 Å². The van der Waals surface area contributed by atoms with Gasteiger partial charge in [-0.1, -0.05) is 25.6 Å². The average Bonchev–Trinajstić information content (AvgIpc) is 3.33. The molecule has 1 amide bonds. The second-order valence-electron chi connectivity index (χ2n) is 8.90. The first-order valence-corrected chi connectivity index (χ1v) is 13.2. The van der Waals surface area contributed by atoms with E-state index in [1.807, 2.05) is 20.1 Å². The van der Waals surface area contributed by atoms with Crippen LogP contribution in [0.2, 0.25) is 0 Å². The fourth-order valence-electron chi connectivity index (χ4n) is 4.65. The third kappa shape index (κ3) is 5.29. The van der Waals surface area contributed by atoms with Crippen molar-refractivity contribution in [1.29, 1.82) is 0 Å². The van der Waals surface area contributed by atoms with Gasteiger partial charge in [0, 0.05) is 42.8 Å². The van der Waals surface area contributed by atoms with Gasteiger partial charge in [0.2, 0.25) is 11.1 Å². The van der Waals surface area contributed by atoms with Crippen LogP contribution in [0.1, 0.15) is 49.3 Å². The molecule has 4 heterocycles. The van der Waals surface area contributed by atoms with Crippen LogP contribution in [-0.2, 0) is 17.8 Å². The van der Waals surface area contributed by atoms with E-state index in [0.29, 0.717) is 28.9 Å². The number of aromatic nitrogens is 5. The normalized spacial score (nSPS) is 19.5. The maximum Gasteiger partial charge on any atom is 0.253 e. The van der Waals surface area contributed by atoms with Crippen molar-refractivity contribution in [3.63, 3.8) is 0 Å². The Morgan fingerprint density at radius 1 is 1.22 bits per heavy atom. The molecule has 0 unspecified atom stereocenters. The van der Waals surface area contributed by atoms with Gasteiger partial charge in [-0.15, -0.1) is 16.4 Å². The number of likely N-dealkylation sites (tertiary alicyclic amines) is 1. The molecule has 4 rings (SSSR count). The zero-order valence-electron chi connectivity index (χ0n) is 19.4. The molecule has 0 radical (unpaired) electrons. The van der Waals surface area contributed by atoms with Crippen LogP contribution in [0.3, 0.4) is 0 Å². The van der Waals surface area contributed by atoms with Crippen LogP contribution >= 0.6 is 23.1 Å². The Balaban J connectivity index is 1.35. The molecule has 1 saturated heterocycles. The van der Waals surface area contributed by atoms with E-state index in [2.05, 4.69) is 49.5 Å². The van der Waals surface area contributed by atoms with E-state index in [4.69, 9.17) is 0 Å². The summed E-state index contributed by atoms with van der Waals surface area (Å²) in [6, 6.07) is 0. The number of carbonyl (C=O) groups excluding carboxylic acids is 1. The largest absolute Gasteiger partial charge is 0.302 e. The maximum absolute atomic E-state index is 12.6. The molecule has 3 aromatic heterocycles. The molecule has 0 bridgehead atoms. The van der Waals surface area contributed by atoms with Gasteiger partial charge >= 0.3 is 0 Å². The van der Waals surface area contributed by atoms with E-state index in [-0.39, 0.29) is 5.91 Å². The van der Waals surface area contributed by atoms with Gasteiger partial charge in [-0.3, -0.25) is 9.69 Å². The molecular weight excluding hydrogens is 442 g/mol. The fraction of sp³-hybridized carbons (Fsp3) is 0.591. The molecule has 0 aliphatic carbocycles. The molecule has 8 nitrogen and oxygen atoms in total. The zero-order chi connectivity index (χ0) is 22.8. The highest BCUT2D eigenvalue weighted by atomic mass is 32.2. The number of aryl methyl sites for hydroxylation is 2. The van der Waals surface area contributed by atoms with Crippen LogP contribution in [0, 0.1) is 25.7 Å². The van der Waals surface area contributed by atoms with Gasteiger partial charge in [0.05, 0.1) is 5.69 Å². The van der Waals surface area contributed by atoms with E-state index in [1.165, 1.54) is 29.5 Å². The number of nitrogens with zero attached hydrogens (tertiary/aromatic N) is 6. The van der Waals surface area contributed by atoms with Gasteiger partial charge in [0.15, 0.2) is 5.13 Å². The highest BCUT2D eigenvalue weighted by Gasteiger charge is 2.22. The second-order valence-corrected chi connectivity index (χ2v) is 10.5. The Morgan fingerprint density at radius 2 is 1.97 bits per heavy atom. The van der Waals surface area contributed by atoms with Gasteiger partial charge in [-0.2, -0.15) is 4.98 Å². The van der Waals surface area contributed by atoms with Crippen molar-refractivity contribution < 1.29 is 4.79 Å². The molecule has 0 saturated carbocycles. The van der Waals surface area contributed by atoms with Crippen molar-refractivity contribution in [2.24, 2.45) is 11.8 Å². The molecule has 3 aromatic rings. The number of carbonyl (C=O) groups is 1. The van der Waals surface area contributed by atoms with E-state index < -0.39 is 0 Å². The van der Waals surface area contributed by atoms with E-state index in [1.54, 1.807) is 4.52 Å². The van der Waals surface area contributed by atoms with Gasteiger partial charge in [-0.25, -0.2) is 14.5 Å². The molecule has 1 aliphatic heterocycles. The lowest BCUT2D eigenvalue weighted by atomic mass is 9.92. The predicted molar refractivity (Wildman–Crippen MR) is 129 cm³/mol. The Morgan fingerprint density at radius 3 is 2.69 bits per heavy atom. The third-order valence-corrected chi connectivity index (χ3v) is 7.29. The third-order valence-electron chi connectivity index (χ3n) is 5.94. The van der Waals surface area contributed by atoms with Crippen molar-refractivity contribution >= 4 is 39.9 Å². The minimum Gasteiger partial charge on any atom is -0.302 e. The summed E-state index contributed by atoms with van der Waals surface area (Å²) in [7, 11) is 0. The number of anilines is 1. The SMILES string of the molecule is CSc1nc2nc(C)c(CCC(=O)Nc3nc(CN4C[C@H](C)C[C@H](C)C4)cs3)c(C)n2n1. The lowest BCUT2D eigenvalue weighted by Gasteiger charge is -2.34. The molecule has 1 fully saturated rings. The summed E-state index contributed by atoms with van der Waals surface area (Å²) in [5.74, 6) is 2.02. The summed E-state index contributed by atoms with van der Waals surface area (Å²) in [5.41, 5.74) is 3.95. The minimum absolute atomic E-state index is 0.0339. The number of thiazole rings is 1. The standard InChI is InChI=1S/C22H31N7OS2/c1-13-8-14(2)10-28(9-13)11-17-12-32-21(24-17)25-19(30)7-6-18-15(3)23-20-26-22(31-5)27-29(20)16(18)4/h12-14H,6-11H2,1-5H3,(H,24,25,30)/t13-,14+. The molecular formula is C22H31N7OS2. The number of fused-ring (bicyclic) bond motifs is 1. The summed E-state index contributed by atoms with van der Waals surface area (Å²) in [5, 5.41) is 10.9. The molecule has 0 aromatic carbocycles. The van der Waals surface area contributed by atoms with E-state index >= 15 is 0 Å². The lowest BCUT2D eigenvalue weighted by Crippen LogP contribution is -2.38. The van der Waals surface area contributed by atoms with Gasteiger partial charge < -0.3 is 5.32 Å². The first kappa shape index (κ1) is 23.1. The summed E-state index contributed by atoms with van der Waals surface area (Å²) >= 11 is 2.99. The van der Waals surface area contributed by atoms with Crippen LogP contribution in [0.5, 0.6) is 0 Å². The Kier molecular flexibility index (Phi) is 7.11. The number of hydrogen-bond donors (Lipinski definition) is 1. The van der Waals surface area contributed by atoms with Crippen LogP contribution in [0.15, 0.2) is 10.5 Å². The number of hydrogen-bond acceptors (Lipinski definition) is 8. The summed E-state index contributed by atoms with van der Waals surface area (Å²) < 4.78 is 1.77. The van der Waals surface area contributed by atoms with Crippen LogP contribution in [0.25, 0.3) is 5.78 Å². The minimum atomic E-state index is -0.0339. The number of amides is 1. The number of piperidine rings is 1. The Bertz CT molecular complexity index is 1100. The fourth-order valence-corrected chi connectivity index (χ4v) is 5.70. The lowest BCUT2D eigenvalue weighted by molar-refractivity contribution is -0.116. The van der Waals surface area contributed by atoms with Crippen molar-refractivity contribution in [2.75, 3.05) is 24.7 Å². The second kappa shape index (κ2) is 9.84. The van der Waals surface area contributed by atoms with Crippen molar-refractivity contribution in [3.8, 4) is 0 Å². The number of rotatable bonds is 7. The molecule has 0 spiro atoms. The van der Waals surface area contributed by atoms with Gasteiger partial charge in [0.1, 0.15) is 0 Å². The molecule has 1 aliphatic rings. The van der Waals surface area contributed by atoms with Gasteiger partial charge in [0.25, 0.3) is 5.78 Å². The predicted octanol–water partition coefficient (Wildman–Crippen LogP) is 3.97. The quantitative estimate of drug-likeness (QED) is 0.520. The monoisotopic (exact) mass is 473 g/mol. The van der Waals surface area contributed by atoms with Crippen molar-refractivity contribution in [3.05, 3.63) is 28.0 Å². The maximum atomic E-state index is 12.6. The van der Waals surface area contributed by atoms with Crippen molar-refractivity contribution in [2.45, 2.75) is 58.7 Å². The van der Waals surface area contributed by atoms with E-state index in [9.17, 15) is 4.79 Å². The summed E-state index contributed by atoms with van der Waals surface area (Å²) in [4.78, 5) is 28.7. The molecule has 172 valence electrons. The van der Waals surface area contributed by atoms with Crippen molar-refractivity contribution in [1.82, 2.24) is 29.5 Å². The first-order chi connectivity index (χ1) is 15.3. The Hall–Kier alpha value is -2.04. The van der Waals surface area contributed by atoms with Crippen LogP contribution < -0.4 is 5.32 Å². The highest BCUT2D eigenvalue weighted by Crippen LogP contribution is 2.24. The summed E-state index contributed by atoms with van der Waals surface area (Å²) in [6.07, 6.45) is 4.21. The molecule has 2 atom stereocenters. The number of nitrogens with one attached hydrogen (secondary N) is 1. The van der Waals surface area contributed by atoms with Gasteiger partial charge in [-0.05, 0) is 50.3 Å². The molecule has 10 heteroatoms. The smallest absolute Gasteiger partial charge is 0.253 e. The number of thioether (sulfide) groups is 1. The van der Waals surface area contributed by atoms with E-state index in [0.717, 1.165) is 54.1 Å².